The van der Waals surface area contributed by atoms with E-state index in [9.17, 15) is 0 Å². The van der Waals surface area contributed by atoms with Crippen LogP contribution in [0.15, 0.2) is 78.9 Å². The Labute approximate surface area is 141 Å². The van der Waals surface area contributed by atoms with Crippen molar-refractivity contribution in [2.45, 2.75) is 11.8 Å². The smallest absolute Gasteiger partial charge is 0.103 e. The minimum atomic E-state index is -0.798. The number of halogens is 2. The van der Waals surface area contributed by atoms with Gasteiger partial charge in [-0.25, -0.2) is 0 Å². The number of hydrogen-bond acceptors (Lipinski definition) is 0. The van der Waals surface area contributed by atoms with E-state index in [4.69, 9.17) is 23.2 Å². The third-order valence-corrected chi connectivity index (χ3v) is 4.84. The third-order valence-electron chi connectivity index (χ3n) is 3.87. The molecule has 110 valence electrons. The second kappa shape index (κ2) is 6.16. The molecule has 0 saturated heterocycles. The van der Waals surface area contributed by atoms with Gasteiger partial charge in [0.05, 0.1) is 0 Å². The van der Waals surface area contributed by atoms with Gasteiger partial charge in [-0.1, -0.05) is 90.0 Å². The molecule has 2 heteroatoms. The Bertz CT molecular complexity index is 763. The maximum atomic E-state index is 7.19. The Hall–Kier alpha value is -1.76. The largest absolute Gasteiger partial charge is 0.121 e. The van der Waals surface area contributed by atoms with Crippen molar-refractivity contribution in [1.29, 1.82) is 0 Å². The van der Waals surface area contributed by atoms with Crippen LogP contribution in [0.4, 0.5) is 0 Å². The maximum Gasteiger partial charge on any atom is 0.121 e. The first-order valence-electron chi connectivity index (χ1n) is 7.19. The van der Waals surface area contributed by atoms with E-state index in [1.807, 2.05) is 54.6 Å². The zero-order chi connectivity index (χ0) is 15.6. The van der Waals surface area contributed by atoms with Gasteiger partial charge in [-0.15, -0.1) is 11.6 Å². The topological polar surface area (TPSA) is 0 Å². The Balaban J connectivity index is 2.27. The van der Waals surface area contributed by atoms with E-state index in [0.717, 1.165) is 16.7 Å². The van der Waals surface area contributed by atoms with Gasteiger partial charge >= 0.3 is 0 Å². The van der Waals surface area contributed by atoms with Gasteiger partial charge in [0.1, 0.15) is 4.87 Å². The Morgan fingerprint density at radius 1 is 0.682 bits per heavy atom. The van der Waals surface area contributed by atoms with E-state index in [-0.39, 0.29) is 0 Å². The van der Waals surface area contributed by atoms with Crippen LogP contribution in [0.3, 0.4) is 0 Å². The standard InChI is InChI=1S/C20H16Cl2/c1-15-11-13-17(14-12-15)20(22,16-7-3-2-4-8-16)18-9-5-6-10-19(18)21/h2-14H,1H3/t20-/m0/s1. The number of rotatable bonds is 3. The summed E-state index contributed by atoms with van der Waals surface area (Å²) in [4.78, 5) is -0.798. The van der Waals surface area contributed by atoms with Crippen LogP contribution in [-0.4, -0.2) is 0 Å². The molecular formula is C20H16Cl2. The fourth-order valence-corrected chi connectivity index (χ4v) is 3.41. The molecule has 0 fully saturated rings. The molecular weight excluding hydrogens is 311 g/mol. The van der Waals surface area contributed by atoms with Gasteiger partial charge in [-0.3, -0.25) is 0 Å². The maximum absolute atomic E-state index is 7.19. The second-order valence-electron chi connectivity index (χ2n) is 5.37. The molecule has 1 atom stereocenters. The highest BCUT2D eigenvalue weighted by atomic mass is 35.5. The van der Waals surface area contributed by atoms with Crippen molar-refractivity contribution in [3.8, 4) is 0 Å². The molecule has 0 amide bonds. The predicted molar refractivity (Wildman–Crippen MR) is 94.8 cm³/mol. The molecule has 0 radical (unpaired) electrons. The van der Waals surface area contributed by atoms with E-state index in [1.54, 1.807) is 0 Å². The lowest BCUT2D eigenvalue weighted by Gasteiger charge is -2.30. The Kier molecular flexibility index (Phi) is 4.24. The van der Waals surface area contributed by atoms with E-state index >= 15 is 0 Å². The molecule has 3 rings (SSSR count). The van der Waals surface area contributed by atoms with E-state index in [0.29, 0.717) is 5.02 Å². The molecule has 0 unspecified atom stereocenters. The normalized spacial score (nSPS) is 13.6. The van der Waals surface area contributed by atoms with Crippen LogP contribution in [0.1, 0.15) is 22.3 Å². The lowest BCUT2D eigenvalue weighted by atomic mass is 9.84. The van der Waals surface area contributed by atoms with Gasteiger partial charge in [0, 0.05) is 10.6 Å². The third kappa shape index (κ3) is 2.65. The minimum Gasteiger partial charge on any atom is -0.103 e. The highest BCUT2D eigenvalue weighted by Crippen LogP contribution is 2.45. The van der Waals surface area contributed by atoms with Gasteiger partial charge in [0.2, 0.25) is 0 Å². The molecule has 0 N–H and O–H groups in total. The molecule has 0 aromatic heterocycles. The van der Waals surface area contributed by atoms with Crippen LogP contribution in [0.5, 0.6) is 0 Å². The van der Waals surface area contributed by atoms with Crippen molar-refractivity contribution in [3.63, 3.8) is 0 Å². The van der Waals surface area contributed by atoms with Gasteiger partial charge < -0.3 is 0 Å². The molecule has 0 aliphatic rings. The van der Waals surface area contributed by atoms with Gasteiger partial charge in [0.15, 0.2) is 0 Å². The van der Waals surface area contributed by atoms with Crippen LogP contribution >= 0.6 is 23.2 Å². The monoisotopic (exact) mass is 326 g/mol. The summed E-state index contributed by atoms with van der Waals surface area (Å²) in [5, 5.41) is 0.668. The second-order valence-corrected chi connectivity index (χ2v) is 6.34. The SMILES string of the molecule is Cc1ccc([C@@](Cl)(c2ccccc2)c2ccccc2Cl)cc1. The summed E-state index contributed by atoms with van der Waals surface area (Å²) < 4.78 is 0. The van der Waals surface area contributed by atoms with Gasteiger partial charge in [0.25, 0.3) is 0 Å². The van der Waals surface area contributed by atoms with Crippen molar-refractivity contribution in [3.05, 3.63) is 106 Å². The molecule has 0 aliphatic carbocycles. The van der Waals surface area contributed by atoms with Crippen LogP contribution in [0.25, 0.3) is 0 Å². The minimum absolute atomic E-state index is 0.668. The molecule has 0 spiro atoms. The Morgan fingerprint density at radius 3 is 1.86 bits per heavy atom. The molecule has 0 heterocycles. The number of benzene rings is 3. The predicted octanol–water partition coefficient (Wildman–Crippen LogP) is 6.18. The van der Waals surface area contributed by atoms with Gasteiger partial charge in [-0.05, 0) is 24.1 Å². The van der Waals surface area contributed by atoms with Crippen molar-refractivity contribution >= 4 is 23.2 Å². The molecule has 3 aromatic rings. The first-order valence-corrected chi connectivity index (χ1v) is 7.94. The summed E-state index contributed by atoms with van der Waals surface area (Å²) in [6, 6.07) is 26.1. The summed E-state index contributed by atoms with van der Waals surface area (Å²) in [5.41, 5.74) is 4.12. The summed E-state index contributed by atoms with van der Waals surface area (Å²) in [6.45, 7) is 2.07. The highest BCUT2D eigenvalue weighted by molar-refractivity contribution is 6.34. The van der Waals surface area contributed by atoms with Crippen LogP contribution in [0, 0.1) is 6.92 Å². The van der Waals surface area contributed by atoms with Crippen molar-refractivity contribution in [2.75, 3.05) is 0 Å². The van der Waals surface area contributed by atoms with Crippen molar-refractivity contribution in [1.82, 2.24) is 0 Å². The number of aryl methyl sites for hydroxylation is 1. The Morgan fingerprint density at radius 2 is 1.23 bits per heavy atom. The first kappa shape index (κ1) is 15.1. The summed E-state index contributed by atoms with van der Waals surface area (Å²) in [6.07, 6.45) is 0. The summed E-state index contributed by atoms with van der Waals surface area (Å²) >= 11 is 13.6. The fraction of sp³-hybridized carbons (Fsp3) is 0.100. The fourth-order valence-electron chi connectivity index (χ4n) is 2.67. The molecule has 0 bridgehead atoms. The van der Waals surface area contributed by atoms with Crippen LogP contribution < -0.4 is 0 Å². The molecule has 22 heavy (non-hydrogen) atoms. The molecule has 0 nitrogen and oxygen atoms in total. The number of hydrogen-bond donors (Lipinski definition) is 0. The lowest BCUT2D eigenvalue weighted by molar-refractivity contribution is 0.879. The van der Waals surface area contributed by atoms with Crippen molar-refractivity contribution in [2.24, 2.45) is 0 Å². The average Bonchev–Trinajstić information content (AvgIpc) is 2.56. The van der Waals surface area contributed by atoms with Crippen LogP contribution in [-0.2, 0) is 4.87 Å². The molecule has 0 aliphatic heterocycles. The quantitative estimate of drug-likeness (QED) is 0.398. The van der Waals surface area contributed by atoms with E-state index < -0.39 is 4.87 Å². The first-order chi connectivity index (χ1) is 10.6. The molecule has 0 saturated carbocycles. The van der Waals surface area contributed by atoms with Crippen LogP contribution in [0.2, 0.25) is 5.02 Å². The van der Waals surface area contributed by atoms with E-state index in [2.05, 4.69) is 31.2 Å². The zero-order valence-corrected chi connectivity index (χ0v) is 13.8. The van der Waals surface area contributed by atoms with Gasteiger partial charge in [-0.2, -0.15) is 0 Å². The molecule has 3 aromatic carbocycles. The highest BCUT2D eigenvalue weighted by Gasteiger charge is 2.35. The lowest BCUT2D eigenvalue weighted by Crippen LogP contribution is -2.22. The number of alkyl halides is 1. The van der Waals surface area contributed by atoms with Crippen molar-refractivity contribution < 1.29 is 0 Å². The van der Waals surface area contributed by atoms with E-state index in [1.165, 1.54) is 5.56 Å². The zero-order valence-electron chi connectivity index (χ0n) is 12.3. The summed E-state index contributed by atoms with van der Waals surface area (Å²) in [7, 11) is 0. The average molecular weight is 327 g/mol. The summed E-state index contributed by atoms with van der Waals surface area (Å²) in [5.74, 6) is 0.